The van der Waals surface area contributed by atoms with E-state index in [9.17, 15) is 0 Å². The molecule has 26 rings (SSSR count). The summed E-state index contributed by atoms with van der Waals surface area (Å²) in [5.74, 6) is 2.11. The third-order valence-electron chi connectivity index (χ3n) is 28.0. The first-order valence-corrected chi connectivity index (χ1v) is 53.1. The second-order valence-corrected chi connectivity index (χ2v) is 49.3. The quantitative estimate of drug-likeness (QED) is 0.141. The van der Waals surface area contributed by atoms with Gasteiger partial charge in [-0.2, -0.15) is 0 Å². The van der Waals surface area contributed by atoms with Crippen LogP contribution in [0.25, 0.3) is 195 Å². The van der Waals surface area contributed by atoms with Crippen molar-refractivity contribution in [3.8, 4) is 118 Å². The Morgan fingerprint density at radius 3 is 1.00 bits per heavy atom. The topological polar surface area (TPSA) is 92.1 Å². The van der Waals surface area contributed by atoms with Gasteiger partial charge in [0.1, 0.15) is 24.2 Å². The van der Waals surface area contributed by atoms with Crippen LogP contribution in [0, 0.1) is 0 Å². The second-order valence-electron chi connectivity index (χ2n) is 36.5. The molecular formula is C115H87N9Si3. The Morgan fingerprint density at radius 2 is 0.543 bits per heavy atom. The minimum Gasteiger partial charge on any atom is -0.285 e. The molecule has 0 spiro atoms. The smallest absolute Gasteiger partial charge is 0.235 e. The Balaban J connectivity index is 0.000000106. The van der Waals surface area contributed by atoms with Gasteiger partial charge in [0.25, 0.3) is 0 Å². The van der Waals surface area contributed by atoms with Crippen LogP contribution >= 0.6 is 0 Å². The lowest BCUT2D eigenvalue weighted by molar-refractivity contribution is 0.660. The van der Waals surface area contributed by atoms with E-state index in [4.69, 9.17) is 29.9 Å². The minimum absolute atomic E-state index is 0.0706. The molecule has 4 aliphatic rings. The van der Waals surface area contributed by atoms with Crippen LogP contribution in [0.3, 0.4) is 0 Å². The molecule has 0 bridgehead atoms. The van der Waals surface area contributed by atoms with Crippen LogP contribution in [0.4, 0.5) is 0 Å². The highest BCUT2D eigenvalue weighted by molar-refractivity contribution is 7.06. The van der Waals surface area contributed by atoms with Gasteiger partial charge in [0.2, 0.25) is 17.8 Å². The number of para-hydroxylation sites is 3. The summed E-state index contributed by atoms with van der Waals surface area (Å²) in [4.78, 5) is 31.0. The van der Waals surface area contributed by atoms with Crippen molar-refractivity contribution in [3.05, 3.63) is 394 Å². The van der Waals surface area contributed by atoms with Crippen molar-refractivity contribution in [2.75, 3.05) is 0 Å². The average Bonchev–Trinajstić information content (AvgIpc) is 1.57. The van der Waals surface area contributed by atoms with Crippen molar-refractivity contribution in [1.29, 1.82) is 0 Å². The van der Waals surface area contributed by atoms with E-state index >= 15 is 0 Å². The molecule has 0 N–H and O–H groups in total. The van der Waals surface area contributed by atoms with Crippen LogP contribution in [0.5, 0.6) is 0 Å². The summed E-state index contributed by atoms with van der Waals surface area (Å²) in [5.41, 5.74) is 31.0. The number of aromatic nitrogens is 9. The maximum atomic E-state index is 5.32. The summed E-state index contributed by atoms with van der Waals surface area (Å²) in [7, 11) is -5.52. The maximum Gasteiger partial charge on any atom is 0.235 e. The van der Waals surface area contributed by atoms with Gasteiger partial charge in [-0.3, -0.25) is 13.7 Å². The molecule has 0 fully saturated rings. The highest BCUT2D eigenvalue weighted by Crippen LogP contribution is 2.50. The van der Waals surface area contributed by atoms with Crippen LogP contribution < -0.4 is 31.1 Å². The van der Waals surface area contributed by atoms with E-state index in [0.717, 1.165) is 77.5 Å². The molecular weight excluding hydrogens is 1590 g/mol. The lowest BCUT2D eigenvalue weighted by Gasteiger charge is -2.22. The van der Waals surface area contributed by atoms with Crippen LogP contribution in [0.15, 0.2) is 383 Å². The zero-order valence-electron chi connectivity index (χ0n) is 71.9. The van der Waals surface area contributed by atoms with Gasteiger partial charge in [-0.05, 0) is 180 Å². The monoisotopic (exact) mass is 1680 g/mol. The van der Waals surface area contributed by atoms with E-state index in [2.05, 4.69) is 437 Å². The van der Waals surface area contributed by atoms with E-state index in [-0.39, 0.29) is 5.41 Å². The fourth-order valence-corrected chi connectivity index (χ4v) is 32.2. The lowest BCUT2D eigenvalue weighted by Crippen LogP contribution is -2.49. The number of benzene rings is 16. The molecule has 1 aliphatic carbocycles. The molecule has 6 aromatic heterocycles. The molecule has 22 aromatic rings. The zero-order valence-corrected chi connectivity index (χ0v) is 74.9. The first-order valence-electron chi connectivity index (χ1n) is 44.1. The van der Waals surface area contributed by atoms with E-state index in [1.807, 2.05) is 12.1 Å². The first-order chi connectivity index (χ1) is 62.0. The first kappa shape index (κ1) is 75.8. The molecule has 0 saturated carbocycles. The largest absolute Gasteiger partial charge is 0.285 e. The molecule has 604 valence electrons. The highest BCUT2D eigenvalue weighted by atomic mass is 28.3. The van der Waals surface area contributed by atoms with E-state index in [1.54, 1.807) is 0 Å². The Kier molecular flexibility index (Phi) is 17.2. The number of fused-ring (bicyclic) bond motifs is 22. The molecule has 127 heavy (non-hydrogen) atoms. The molecule has 3 aliphatic heterocycles. The Labute approximate surface area is 740 Å². The van der Waals surface area contributed by atoms with Crippen molar-refractivity contribution in [3.63, 3.8) is 0 Å². The molecule has 0 amide bonds. The standard InChI is InChI=1S/C40H29N3Si.C39H31N3Si.C36H27N3Si/c1-44(2)37-17-8-6-13-31(37)32-22-23-36-34(39(32)44)24-25-43(36)40-41-35-16-7-5-14-33(35)38(42-40)28-20-18-27(19-21-28)30-15-9-11-26-10-3-4-12-29(26)30;1-39(2)31-14-8-5-11-25(31)26-18-17-24(23-32(26)39)36-29-13-6-9-15-33(29)40-38(41-36)42-22-21-30-34(42)20-19-28-27-12-7-10-16-35(27)43(3,4)37(28)30;1-40(2)33-15-9-7-12-27(33)28-20-21-32-30(35(28)40)22-23-39(32)36-37-31-14-8-6-13-29(31)34(38-36)26-18-16-25(17-19-26)24-10-4-3-5-11-24/h3-25H,1-2H3;5-23H,1-4H3;3-23H,1-2H3. The maximum absolute atomic E-state index is 5.32. The molecule has 12 heteroatoms. The summed E-state index contributed by atoms with van der Waals surface area (Å²) in [5, 5.41) is 18.8. The van der Waals surface area contributed by atoms with Gasteiger partial charge in [-0.25, -0.2) is 29.9 Å². The summed E-state index contributed by atoms with van der Waals surface area (Å²) in [6.45, 7) is 19.5. The van der Waals surface area contributed by atoms with Crippen molar-refractivity contribution in [2.45, 2.75) is 58.5 Å². The second kappa shape index (κ2) is 28.8. The van der Waals surface area contributed by atoms with E-state index in [0.29, 0.717) is 17.8 Å². The lowest BCUT2D eigenvalue weighted by atomic mass is 9.82. The molecule has 16 aromatic carbocycles. The van der Waals surface area contributed by atoms with Gasteiger partial charge in [0.15, 0.2) is 0 Å². The third kappa shape index (κ3) is 11.8. The number of rotatable bonds is 8. The third-order valence-corrected chi connectivity index (χ3v) is 38.7. The summed E-state index contributed by atoms with van der Waals surface area (Å²) in [6, 6.07) is 131. The predicted molar refractivity (Wildman–Crippen MR) is 538 cm³/mol. The molecule has 0 radical (unpaired) electrons. The molecule has 9 nitrogen and oxygen atoms in total. The van der Waals surface area contributed by atoms with Gasteiger partial charge in [-0.15, -0.1) is 0 Å². The summed E-state index contributed by atoms with van der Waals surface area (Å²) < 4.78 is 6.52. The Bertz CT molecular complexity index is 8340. The van der Waals surface area contributed by atoms with E-state index < -0.39 is 24.2 Å². The van der Waals surface area contributed by atoms with Crippen LogP contribution in [0.1, 0.15) is 25.0 Å². The predicted octanol–water partition coefficient (Wildman–Crippen LogP) is 24.9. The van der Waals surface area contributed by atoms with Gasteiger partial charge in [0.05, 0.1) is 50.2 Å². The molecule has 9 heterocycles. The van der Waals surface area contributed by atoms with Gasteiger partial charge >= 0.3 is 0 Å². The Hall–Kier alpha value is -14.9. The molecule has 0 unspecified atom stereocenters. The van der Waals surface area contributed by atoms with Crippen LogP contribution in [-0.4, -0.2) is 67.8 Å². The Morgan fingerprint density at radius 1 is 0.220 bits per heavy atom. The zero-order chi connectivity index (χ0) is 85.3. The summed E-state index contributed by atoms with van der Waals surface area (Å²) in [6.07, 6.45) is 6.45. The van der Waals surface area contributed by atoms with Crippen molar-refractivity contribution < 1.29 is 0 Å². The minimum atomic E-state index is -1.85. The van der Waals surface area contributed by atoms with Gasteiger partial charge in [0, 0.05) is 73.0 Å². The highest BCUT2D eigenvalue weighted by Gasteiger charge is 2.43. The van der Waals surface area contributed by atoms with Crippen molar-refractivity contribution >= 4 is 132 Å². The van der Waals surface area contributed by atoms with Gasteiger partial charge in [-0.1, -0.05) is 356 Å². The summed E-state index contributed by atoms with van der Waals surface area (Å²) >= 11 is 0. The van der Waals surface area contributed by atoms with Crippen molar-refractivity contribution in [2.24, 2.45) is 0 Å². The number of nitrogens with zero attached hydrogens (tertiary/aromatic N) is 9. The number of hydrogen-bond donors (Lipinski definition) is 0. The fraction of sp³-hybridized carbons (Fsp3) is 0.0783. The van der Waals surface area contributed by atoms with Crippen LogP contribution in [-0.2, 0) is 5.41 Å². The van der Waals surface area contributed by atoms with Crippen LogP contribution in [0.2, 0.25) is 39.3 Å². The average molecular weight is 1680 g/mol. The number of hydrogen-bond acceptors (Lipinski definition) is 6. The van der Waals surface area contributed by atoms with E-state index in [1.165, 1.54) is 141 Å². The normalized spacial score (nSPS) is 14.1. The van der Waals surface area contributed by atoms with Gasteiger partial charge < -0.3 is 0 Å². The molecule has 0 atom stereocenters. The molecule has 0 saturated heterocycles. The van der Waals surface area contributed by atoms with Crippen molar-refractivity contribution in [1.82, 2.24) is 43.6 Å². The SMILES string of the molecule is CC1(C)c2ccccc2-c2ccc(-c3nc(-n4ccc5c6c(ccc54)-c4ccccc4[Si]6(C)C)nc4ccccc34)cc21.C[Si]1(C)c2ccccc2-c2ccc3c(ccn3-c3nc(-c4ccc(-c5cccc6ccccc56)cc4)c4ccccc4n3)c21.C[Si]1(C)c2ccccc2-c2ccc3c(ccn3-c3nc(-c4ccc(-c5ccccc5)cc4)c4ccccc4n3)c21. The fourth-order valence-electron chi connectivity index (χ4n) is 21.8.